The molecule has 1 N–H and O–H groups in total. The first-order valence-electron chi connectivity index (χ1n) is 6.26. The summed E-state index contributed by atoms with van der Waals surface area (Å²) in [6.07, 6.45) is 1.77. The van der Waals surface area contributed by atoms with E-state index in [0.717, 1.165) is 34.1 Å². The standard InChI is InChI=1S/C13H15BrFN3O.ClH/c1-19-13-5-11-8(4-9(13)14)7-18(17-11)12-2-3-16-6-10(12)15;/h4-5,7,10,12,16H,2-3,6H2,1H3;1H/t10-,12+;/m0./s1. The highest BCUT2D eigenvalue weighted by Gasteiger charge is 2.27. The number of rotatable bonds is 2. The zero-order chi connectivity index (χ0) is 13.4. The Morgan fingerprint density at radius 1 is 1.50 bits per heavy atom. The molecule has 1 saturated heterocycles. The number of alkyl halides is 1. The first-order chi connectivity index (χ1) is 9.19. The monoisotopic (exact) mass is 363 g/mol. The zero-order valence-electron chi connectivity index (χ0n) is 11.0. The Hall–Kier alpha value is -0.850. The highest BCUT2D eigenvalue weighted by molar-refractivity contribution is 9.10. The molecule has 0 amide bonds. The van der Waals surface area contributed by atoms with Gasteiger partial charge in [0.15, 0.2) is 0 Å². The summed E-state index contributed by atoms with van der Waals surface area (Å²) in [4.78, 5) is 0. The normalized spacial score (nSPS) is 22.6. The second-order valence-corrected chi connectivity index (χ2v) is 5.59. The summed E-state index contributed by atoms with van der Waals surface area (Å²) in [6, 6.07) is 3.63. The van der Waals surface area contributed by atoms with Gasteiger partial charge in [-0.25, -0.2) is 4.39 Å². The molecule has 7 heteroatoms. The third-order valence-electron chi connectivity index (χ3n) is 3.51. The summed E-state index contributed by atoms with van der Waals surface area (Å²) in [5.74, 6) is 0.736. The van der Waals surface area contributed by atoms with Crippen molar-refractivity contribution >= 4 is 39.2 Å². The van der Waals surface area contributed by atoms with Crippen molar-refractivity contribution in [3.63, 3.8) is 0 Å². The summed E-state index contributed by atoms with van der Waals surface area (Å²) < 4.78 is 21.8. The average molecular weight is 365 g/mol. The lowest BCUT2D eigenvalue weighted by Gasteiger charge is -2.26. The fourth-order valence-electron chi connectivity index (χ4n) is 2.47. The van der Waals surface area contributed by atoms with Crippen LogP contribution >= 0.6 is 28.3 Å². The quantitative estimate of drug-likeness (QED) is 0.890. The Bertz CT molecular complexity index is 607. The summed E-state index contributed by atoms with van der Waals surface area (Å²) >= 11 is 3.45. The number of fused-ring (bicyclic) bond motifs is 1. The van der Waals surface area contributed by atoms with Crippen LogP contribution in [0, 0.1) is 0 Å². The van der Waals surface area contributed by atoms with Gasteiger partial charge in [0.2, 0.25) is 0 Å². The van der Waals surface area contributed by atoms with Crippen LogP contribution < -0.4 is 10.1 Å². The van der Waals surface area contributed by atoms with Crippen molar-refractivity contribution in [1.29, 1.82) is 0 Å². The van der Waals surface area contributed by atoms with Crippen molar-refractivity contribution < 1.29 is 9.13 Å². The summed E-state index contributed by atoms with van der Waals surface area (Å²) in [5, 5.41) is 8.52. The largest absolute Gasteiger partial charge is 0.495 e. The van der Waals surface area contributed by atoms with Crippen LogP contribution in [0.2, 0.25) is 0 Å². The lowest BCUT2D eigenvalue weighted by atomic mass is 10.1. The van der Waals surface area contributed by atoms with E-state index in [4.69, 9.17) is 4.74 Å². The molecule has 0 spiro atoms. The second-order valence-electron chi connectivity index (χ2n) is 4.73. The van der Waals surface area contributed by atoms with Gasteiger partial charge in [-0.15, -0.1) is 12.4 Å². The number of hydrogen-bond donors (Lipinski definition) is 1. The predicted molar refractivity (Wildman–Crippen MR) is 82.7 cm³/mol. The van der Waals surface area contributed by atoms with E-state index in [0.29, 0.717) is 6.54 Å². The number of ether oxygens (including phenoxy) is 1. The van der Waals surface area contributed by atoms with Gasteiger partial charge in [0.05, 0.1) is 23.1 Å². The number of halogens is 3. The average Bonchev–Trinajstić information content (AvgIpc) is 2.80. The molecule has 2 heterocycles. The minimum absolute atomic E-state index is 0. The van der Waals surface area contributed by atoms with Crippen LogP contribution in [0.1, 0.15) is 12.5 Å². The van der Waals surface area contributed by atoms with Crippen molar-refractivity contribution in [2.24, 2.45) is 0 Å². The number of nitrogens with one attached hydrogen (secondary N) is 1. The van der Waals surface area contributed by atoms with Gasteiger partial charge in [0, 0.05) is 24.2 Å². The van der Waals surface area contributed by atoms with Gasteiger partial charge < -0.3 is 10.1 Å². The molecular weight excluding hydrogens is 349 g/mol. The predicted octanol–water partition coefficient (Wildman–Crippen LogP) is 3.10. The van der Waals surface area contributed by atoms with Crippen molar-refractivity contribution in [3.8, 4) is 5.75 Å². The summed E-state index contributed by atoms with van der Waals surface area (Å²) in [5.41, 5.74) is 0.825. The molecule has 0 unspecified atom stereocenters. The van der Waals surface area contributed by atoms with Gasteiger partial charge >= 0.3 is 0 Å². The molecule has 1 aliphatic heterocycles. The number of hydrogen-bond acceptors (Lipinski definition) is 3. The molecule has 0 radical (unpaired) electrons. The van der Waals surface area contributed by atoms with Crippen molar-refractivity contribution in [2.45, 2.75) is 18.6 Å². The Kier molecular flexibility index (Phi) is 4.88. The van der Waals surface area contributed by atoms with Gasteiger partial charge in [-0.05, 0) is 35.0 Å². The summed E-state index contributed by atoms with van der Waals surface area (Å²) in [6.45, 7) is 1.22. The molecule has 2 aromatic rings. The number of benzene rings is 1. The van der Waals surface area contributed by atoms with Crippen molar-refractivity contribution in [2.75, 3.05) is 20.2 Å². The molecule has 2 atom stereocenters. The lowest BCUT2D eigenvalue weighted by molar-refractivity contribution is 0.174. The van der Waals surface area contributed by atoms with E-state index < -0.39 is 6.17 Å². The van der Waals surface area contributed by atoms with Crippen LogP contribution in [0.25, 0.3) is 10.9 Å². The smallest absolute Gasteiger partial charge is 0.135 e. The zero-order valence-corrected chi connectivity index (χ0v) is 13.4. The first-order valence-corrected chi connectivity index (χ1v) is 7.05. The first kappa shape index (κ1) is 15.5. The number of piperidine rings is 1. The molecule has 110 valence electrons. The fourth-order valence-corrected chi connectivity index (χ4v) is 3.00. The molecule has 0 saturated carbocycles. The van der Waals surface area contributed by atoms with Crippen LogP contribution in [-0.2, 0) is 0 Å². The topological polar surface area (TPSA) is 39.1 Å². The fraction of sp³-hybridized carbons (Fsp3) is 0.462. The molecule has 0 aliphatic carbocycles. The molecular formula is C13H16BrClFN3O. The van der Waals surface area contributed by atoms with E-state index in [1.165, 1.54) is 0 Å². The van der Waals surface area contributed by atoms with E-state index in [1.807, 2.05) is 18.3 Å². The van der Waals surface area contributed by atoms with E-state index >= 15 is 0 Å². The van der Waals surface area contributed by atoms with Gasteiger partial charge in [-0.2, -0.15) is 5.10 Å². The Balaban J connectivity index is 0.00000147. The number of aromatic nitrogens is 2. The molecule has 0 bridgehead atoms. The van der Waals surface area contributed by atoms with Gasteiger partial charge in [-0.3, -0.25) is 4.68 Å². The van der Waals surface area contributed by atoms with Crippen LogP contribution in [0.3, 0.4) is 0 Å². The third-order valence-corrected chi connectivity index (χ3v) is 4.13. The van der Waals surface area contributed by atoms with Gasteiger partial charge in [0.25, 0.3) is 0 Å². The SMILES string of the molecule is COc1cc2nn([C@@H]3CCNC[C@@H]3F)cc2cc1Br.Cl. The molecule has 1 aromatic carbocycles. The van der Waals surface area contributed by atoms with Crippen LogP contribution in [0.4, 0.5) is 4.39 Å². The maximum absolute atomic E-state index is 13.9. The highest BCUT2D eigenvalue weighted by atomic mass is 79.9. The van der Waals surface area contributed by atoms with E-state index in [1.54, 1.807) is 11.8 Å². The van der Waals surface area contributed by atoms with Crippen molar-refractivity contribution in [1.82, 2.24) is 15.1 Å². The number of methoxy groups -OCH3 is 1. The van der Waals surface area contributed by atoms with Gasteiger partial charge in [0.1, 0.15) is 11.9 Å². The van der Waals surface area contributed by atoms with E-state index in [9.17, 15) is 4.39 Å². The third kappa shape index (κ3) is 2.77. The van der Waals surface area contributed by atoms with E-state index in [2.05, 4.69) is 26.3 Å². The molecule has 1 aliphatic rings. The number of nitrogens with zero attached hydrogens (tertiary/aromatic N) is 2. The second kappa shape index (κ2) is 6.28. The van der Waals surface area contributed by atoms with Gasteiger partial charge in [-0.1, -0.05) is 0 Å². The van der Waals surface area contributed by atoms with Crippen LogP contribution in [0.5, 0.6) is 5.75 Å². The lowest BCUT2D eigenvalue weighted by Crippen LogP contribution is -2.39. The van der Waals surface area contributed by atoms with E-state index in [-0.39, 0.29) is 18.4 Å². The van der Waals surface area contributed by atoms with Crippen LogP contribution in [0.15, 0.2) is 22.8 Å². The molecule has 1 fully saturated rings. The Labute approximate surface area is 131 Å². The highest BCUT2D eigenvalue weighted by Crippen LogP contribution is 2.31. The minimum atomic E-state index is -0.895. The molecule has 1 aromatic heterocycles. The van der Waals surface area contributed by atoms with Crippen molar-refractivity contribution in [3.05, 3.63) is 22.8 Å². The molecule has 4 nitrogen and oxygen atoms in total. The summed E-state index contributed by atoms with van der Waals surface area (Å²) in [7, 11) is 1.62. The maximum atomic E-state index is 13.9. The maximum Gasteiger partial charge on any atom is 0.135 e. The molecule has 3 rings (SSSR count). The van der Waals surface area contributed by atoms with Crippen LogP contribution in [-0.4, -0.2) is 36.2 Å². The Morgan fingerprint density at radius 3 is 3.00 bits per heavy atom. The molecule has 20 heavy (non-hydrogen) atoms. The Morgan fingerprint density at radius 2 is 2.30 bits per heavy atom. The minimum Gasteiger partial charge on any atom is -0.495 e.